The number of phenolic OH excluding ortho intramolecular Hbond substituents is 1. The van der Waals surface area contributed by atoms with Crippen LogP contribution in [0.25, 0.3) is 0 Å². The van der Waals surface area contributed by atoms with Gasteiger partial charge in [0.1, 0.15) is 11.5 Å². The normalized spacial score (nSPS) is 9.06. The number of ether oxygens (including phenoxy) is 1. The van der Waals surface area contributed by atoms with E-state index in [1.807, 2.05) is 200 Å². The third-order valence-electron chi connectivity index (χ3n) is 6.86. The van der Waals surface area contributed by atoms with Crippen molar-refractivity contribution in [1.29, 1.82) is 0 Å². The third kappa shape index (κ3) is 34.2. The molecule has 0 aliphatic carbocycles. The van der Waals surface area contributed by atoms with Gasteiger partial charge in [0.15, 0.2) is 0 Å². The topological polar surface area (TPSA) is 29.5 Å². The van der Waals surface area contributed by atoms with Gasteiger partial charge < -0.3 is 9.84 Å². The molecule has 0 atom stereocenters. The minimum absolute atomic E-state index is 0.210. The fourth-order valence-electron chi connectivity index (χ4n) is 3.89. The Hall–Kier alpha value is -2.88. The highest BCUT2D eigenvalue weighted by Crippen LogP contribution is 2.26. The number of rotatable bonds is 3. The number of benzene rings is 8. The van der Waals surface area contributed by atoms with Crippen LogP contribution in [-0.4, -0.2) is 11.7 Å². The molecular weight excluding hydrogens is 1060 g/mol. The molecule has 0 radical (unpaired) electrons. The maximum absolute atomic E-state index is 8.95. The lowest BCUT2D eigenvalue weighted by Gasteiger charge is -2.06. The Labute approximate surface area is 436 Å². The first-order valence-corrected chi connectivity index (χ1v) is 24.2. The van der Waals surface area contributed by atoms with E-state index in [-0.39, 0.29) is 5.75 Å². The zero-order valence-electron chi connectivity index (χ0n) is 34.4. The predicted molar refractivity (Wildman–Crippen MR) is 302 cm³/mol. The van der Waals surface area contributed by atoms with E-state index in [2.05, 4.69) is 140 Å². The molecule has 63 heavy (non-hydrogen) atoms. The van der Waals surface area contributed by atoms with Crippen LogP contribution in [0, 0.1) is 0 Å². The minimum Gasteiger partial charge on any atom is -0.507 e. The van der Waals surface area contributed by atoms with E-state index in [1.54, 1.807) is 18.2 Å². The summed E-state index contributed by atoms with van der Waals surface area (Å²) in [5.74, 6) is 1.06. The van der Waals surface area contributed by atoms with Crippen LogP contribution in [0.4, 0.5) is 0 Å². The van der Waals surface area contributed by atoms with Crippen LogP contribution < -0.4 is 4.74 Å². The Kier molecular flexibility index (Phi) is 35.4. The number of phenols is 1. The number of hydrogen-bond donors (Lipinski definition) is 9. The monoisotopic (exact) mass is 1110 g/mol. The Morgan fingerprint density at radius 1 is 0.365 bits per heavy atom. The van der Waals surface area contributed by atoms with Crippen LogP contribution in [0.3, 0.4) is 0 Å². The number of hydrogen-bond acceptors (Lipinski definition) is 10. The summed E-state index contributed by atoms with van der Waals surface area (Å²) in [5.41, 5.74) is 0. The molecule has 330 valence electrons. The molecular formula is C51H52Br2O2S8. The highest BCUT2D eigenvalue weighted by atomic mass is 79.9. The van der Waals surface area contributed by atoms with Gasteiger partial charge >= 0.3 is 0 Å². The lowest BCUT2D eigenvalue weighted by atomic mass is 10.3. The Morgan fingerprint density at radius 2 is 0.619 bits per heavy atom. The first-order valence-electron chi connectivity index (χ1n) is 19.0. The summed E-state index contributed by atoms with van der Waals surface area (Å²) in [5, 5.41) is 8.95. The molecule has 0 amide bonds. The SMILES string of the molecule is CCCOc1ccc(Br)cc1S.Oc1ccc(Br)cc1S.Sc1ccccc1.Sc1ccccc1.Sc1ccccc1.Sc1ccccc1.Sc1ccccc1.Sc1ccccc1. The molecule has 8 aromatic carbocycles. The Morgan fingerprint density at radius 3 is 0.810 bits per heavy atom. The van der Waals surface area contributed by atoms with Gasteiger partial charge in [-0.3, -0.25) is 0 Å². The molecule has 1 N–H and O–H groups in total. The van der Waals surface area contributed by atoms with E-state index >= 15 is 0 Å². The molecule has 0 spiro atoms. The zero-order valence-corrected chi connectivity index (χ0v) is 44.7. The second-order valence-corrected chi connectivity index (χ2v) is 18.0. The van der Waals surface area contributed by atoms with Gasteiger partial charge in [0.2, 0.25) is 0 Å². The van der Waals surface area contributed by atoms with Crippen LogP contribution >= 0.6 is 133 Å². The lowest BCUT2D eigenvalue weighted by molar-refractivity contribution is 0.310. The van der Waals surface area contributed by atoms with Crippen molar-refractivity contribution in [2.75, 3.05) is 6.61 Å². The van der Waals surface area contributed by atoms with E-state index in [0.717, 1.165) is 62.0 Å². The summed E-state index contributed by atoms with van der Waals surface area (Å²) >= 11 is 39.4. The molecule has 0 aliphatic heterocycles. The molecule has 0 fully saturated rings. The van der Waals surface area contributed by atoms with Crippen molar-refractivity contribution in [2.45, 2.75) is 52.5 Å². The van der Waals surface area contributed by atoms with Crippen molar-refractivity contribution in [2.24, 2.45) is 0 Å². The van der Waals surface area contributed by atoms with Crippen LogP contribution in [0.1, 0.15) is 13.3 Å². The standard InChI is InChI=1S/C9H11BrOS.C6H5BrOS.6C6H6S/c1-2-5-11-8-4-3-7(10)6-9(8)12;7-4-1-2-5(8)6(9)3-4;6*7-6-4-2-1-3-5-6/h3-4,6,12H,2,5H2,1H3;1-3,8-9H;6*1-5,7H. The Bertz CT molecular complexity index is 1990. The molecule has 0 unspecified atom stereocenters. The van der Waals surface area contributed by atoms with Gasteiger partial charge in [0, 0.05) is 48.1 Å². The average Bonchev–Trinajstić information content (AvgIpc) is 3.28. The molecule has 0 heterocycles. The number of aromatic hydroxyl groups is 1. The van der Waals surface area contributed by atoms with Crippen molar-refractivity contribution >= 4 is 133 Å². The summed E-state index contributed by atoms with van der Waals surface area (Å²) in [6.45, 7) is 2.83. The first-order chi connectivity index (χ1) is 30.3. The first kappa shape index (κ1) is 58.1. The van der Waals surface area contributed by atoms with Gasteiger partial charge in [0.05, 0.1) is 6.61 Å². The number of halogens is 2. The van der Waals surface area contributed by atoms with Gasteiger partial charge in [0.25, 0.3) is 0 Å². The van der Waals surface area contributed by atoms with E-state index in [0.29, 0.717) is 4.90 Å². The van der Waals surface area contributed by atoms with E-state index in [1.165, 1.54) is 0 Å². The van der Waals surface area contributed by atoms with Crippen LogP contribution in [0.5, 0.6) is 11.5 Å². The average molecular weight is 1110 g/mol. The Balaban J connectivity index is 0.000000363. The molecule has 0 aliphatic rings. The molecule has 12 heteroatoms. The second kappa shape index (κ2) is 38.4. The summed E-state index contributed by atoms with van der Waals surface area (Å²) in [6.07, 6.45) is 1.02. The quantitative estimate of drug-likeness (QED) is 0.0826. The van der Waals surface area contributed by atoms with Crippen molar-refractivity contribution in [3.63, 3.8) is 0 Å². The third-order valence-corrected chi connectivity index (χ3v) is 10.3. The highest BCUT2D eigenvalue weighted by Gasteiger charge is 1.99. The van der Waals surface area contributed by atoms with Crippen LogP contribution in [-0.2, 0) is 0 Å². The van der Waals surface area contributed by atoms with Crippen molar-refractivity contribution in [1.82, 2.24) is 0 Å². The van der Waals surface area contributed by atoms with Gasteiger partial charge in [-0.1, -0.05) is 148 Å². The molecule has 0 aromatic heterocycles. The van der Waals surface area contributed by atoms with E-state index in [4.69, 9.17) is 9.84 Å². The van der Waals surface area contributed by atoms with Crippen molar-refractivity contribution < 1.29 is 9.84 Å². The predicted octanol–water partition coefficient (Wildman–Crippen LogP) is 17.8. The van der Waals surface area contributed by atoms with Gasteiger partial charge in [-0.2, -0.15) is 0 Å². The highest BCUT2D eigenvalue weighted by molar-refractivity contribution is 9.10. The van der Waals surface area contributed by atoms with Crippen LogP contribution in [0.2, 0.25) is 0 Å². The zero-order chi connectivity index (χ0) is 46.5. The van der Waals surface area contributed by atoms with E-state index in [9.17, 15) is 0 Å². The van der Waals surface area contributed by atoms with Gasteiger partial charge in [-0.05, 0) is 116 Å². The van der Waals surface area contributed by atoms with Crippen LogP contribution in [0.15, 0.2) is 266 Å². The summed E-state index contributed by atoms with van der Waals surface area (Å²) in [7, 11) is 0. The molecule has 8 aromatic rings. The summed E-state index contributed by atoms with van der Waals surface area (Å²) < 4.78 is 7.39. The fraction of sp³-hybridized carbons (Fsp3) is 0.0588. The maximum atomic E-state index is 8.95. The van der Waals surface area contributed by atoms with Crippen molar-refractivity contribution in [3.8, 4) is 11.5 Å². The second-order valence-electron chi connectivity index (χ2n) is 12.1. The van der Waals surface area contributed by atoms with Gasteiger partial charge in [-0.15, -0.1) is 101 Å². The molecule has 0 saturated carbocycles. The fourth-order valence-corrected chi connectivity index (χ4v) is 6.49. The molecule has 0 bridgehead atoms. The molecule has 0 saturated heterocycles. The summed E-state index contributed by atoms with van der Waals surface area (Å²) in [6, 6.07) is 69.6. The largest absolute Gasteiger partial charge is 0.507 e. The lowest BCUT2D eigenvalue weighted by Crippen LogP contribution is -1.95. The van der Waals surface area contributed by atoms with Gasteiger partial charge in [-0.25, -0.2) is 0 Å². The van der Waals surface area contributed by atoms with E-state index < -0.39 is 0 Å². The number of thiol groups is 8. The minimum atomic E-state index is 0.210. The maximum Gasteiger partial charge on any atom is 0.132 e. The smallest absolute Gasteiger partial charge is 0.132 e. The van der Waals surface area contributed by atoms with Crippen molar-refractivity contribution in [3.05, 3.63) is 227 Å². The molecule has 8 rings (SSSR count). The summed E-state index contributed by atoms with van der Waals surface area (Å²) in [4.78, 5) is 7.56. The molecule has 2 nitrogen and oxygen atoms in total.